The zero-order valence-electron chi connectivity index (χ0n) is 7.51. The fourth-order valence-corrected chi connectivity index (χ4v) is 1.25. The number of carbonyl (C=O) groups is 1. The fourth-order valence-electron chi connectivity index (χ4n) is 1.25. The third-order valence-corrected chi connectivity index (χ3v) is 1.96. The number of hydrazine groups is 1. The van der Waals surface area contributed by atoms with Crippen molar-refractivity contribution < 1.29 is 9.63 Å². The molecule has 72 valence electrons. The van der Waals surface area contributed by atoms with E-state index < -0.39 is 0 Å². The lowest BCUT2D eigenvalue weighted by atomic mass is 10.2. The maximum atomic E-state index is 10.6. The van der Waals surface area contributed by atoms with Gasteiger partial charge in [0.1, 0.15) is 12.0 Å². The Morgan fingerprint density at radius 2 is 2.14 bits per heavy atom. The number of nitrogens with one attached hydrogen (secondary N) is 1. The SMILES string of the molecule is O=CC1=CONN1Cc1ccccc1. The smallest absolute Gasteiger partial charge is 0.170 e. The van der Waals surface area contributed by atoms with E-state index in [0.29, 0.717) is 12.2 Å². The Bertz CT molecular complexity index is 348. The summed E-state index contributed by atoms with van der Waals surface area (Å²) < 4.78 is 0. The van der Waals surface area contributed by atoms with Gasteiger partial charge in [0, 0.05) is 0 Å². The van der Waals surface area contributed by atoms with Gasteiger partial charge in [-0.25, -0.2) is 0 Å². The van der Waals surface area contributed by atoms with Crippen molar-refractivity contribution in [2.75, 3.05) is 0 Å². The van der Waals surface area contributed by atoms with Gasteiger partial charge in [-0.3, -0.25) is 9.80 Å². The Morgan fingerprint density at radius 1 is 1.36 bits per heavy atom. The van der Waals surface area contributed by atoms with E-state index >= 15 is 0 Å². The number of carbonyl (C=O) groups excluding carboxylic acids is 1. The average molecular weight is 190 g/mol. The minimum atomic E-state index is 0.494. The molecule has 0 aromatic heterocycles. The zero-order chi connectivity index (χ0) is 9.80. The van der Waals surface area contributed by atoms with Crippen molar-refractivity contribution in [3.05, 3.63) is 47.9 Å². The van der Waals surface area contributed by atoms with Crippen LogP contribution in [0, 0.1) is 0 Å². The Morgan fingerprint density at radius 3 is 2.86 bits per heavy atom. The van der Waals surface area contributed by atoms with Gasteiger partial charge in [-0.15, -0.1) is 0 Å². The van der Waals surface area contributed by atoms with Gasteiger partial charge in [0.2, 0.25) is 0 Å². The predicted octanol–water partition coefficient (Wildman–Crippen LogP) is 0.979. The van der Waals surface area contributed by atoms with Crippen LogP contribution in [0.15, 0.2) is 42.3 Å². The minimum absolute atomic E-state index is 0.494. The summed E-state index contributed by atoms with van der Waals surface area (Å²) in [7, 11) is 0. The number of benzene rings is 1. The minimum Gasteiger partial charge on any atom is -0.394 e. The molecule has 0 amide bonds. The number of aldehydes is 1. The molecule has 0 radical (unpaired) electrons. The summed E-state index contributed by atoms with van der Waals surface area (Å²) in [5.41, 5.74) is 4.22. The second kappa shape index (κ2) is 3.93. The van der Waals surface area contributed by atoms with Crippen LogP contribution in [0.25, 0.3) is 0 Å². The van der Waals surface area contributed by atoms with Gasteiger partial charge in [0.25, 0.3) is 0 Å². The Balaban J connectivity index is 2.05. The molecule has 2 rings (SSSR count). The molecule has 1 aliphatic rings. The quantitative estimate of drug-likeness (QED) is 0.721. The number of nitrogens with zero attached hydrogens (tertiary/aromatic N) is 1. The van der Waals surface area contributed by atoms with E-state index in [2.05, 4.69) is 5.59 Å². The molecule has 0 unspecified atom stereocenters. The van der Waals surface area contributed by atoms with Crippen molar-refractivity contribution >= 4 is 6.29 Å². The summed E-state index contributed by atoms with van der Waals surface area (Å²) in [5, 5.41) is 1.64. The topological polar surface area (TPSA) is 41.6 Å². The molecular weight excluding hydrogens is 180 g/mol. The molecule has 0 aliphatic carbocycles. The van der Waals surface area contributed by atoms with Crippen LogP contribution >= 0.6 is 0 Å². The van der Waals surface area contributed by atoms with E-state index in [1.165, 1.54) is 6.26 Å². The van der Waals surface area contributed by atoms with Gasteiger partial charge in [0.05, 0.1) is 6.54 Å². The van der Waals surface area contributed by atoms with Gasteiger partial charge < -0.3 is 4.84 Å². The van der Waals surface area contributed by atoms with Crippen LogP contribution in [-0.4, -0.2) is 11.3 Å². The maximum absolute atomic E-state index is 10.6. The number of allylic oxidation sites excluding steroid dienone is 1. The van der Waals surface area contributed by atoms with E-state index in [0.717, 1.165) is 11.8 Å². The average Bonchev–Trinajstić information content (AvgIpc) is 2.67. The number of hydrogen-bond donors (Lipinski definition) is 1. The van der Waals surface area contributed by atoms with Gasteiger partial charge in [-0.05, 0) is 5.56 Å². The summed E-state index contributed by atoms with van der Waals surface area (Å²) >= 11 is 0. The van der Waals surface area contributed by atoms with Crippen LogP contribution in [0.1, 0.15) is 5.56 Å². The highest BCUT2D eigenvalue weighted by atomic mass is 16.7. The monoisotopic (exact) mass is 190 g/mol. The highest BCUT2D eigenvalue weighted by molar-refractivity contribution is 5.71. The molecule has 0 saturated carbocycles. The molecule has 1 N–H and O–H groups in total. The molecular formula is C10H10N2O2. The van der Waals surface area contributed by atoms with Crippen molar-refractivity contribution in [3.63, 3.8) is 0 Å². The van der Waals surface area contributed by atoms with E-state index in [4.69, 9.17) is 4.84 Å². The summed E-state index contributed by atoms with van der Waals surface area (Å²) in [6, 6.07) is 9.84. The van der Waals surface area contributed by atoms with E-state index in [1.807, 2.05) is 30.3 Å². The van der Waals surface area contributed by atoms with E-state index in [1.54, 1.807) is 5.01 Å². The highest BCUT2D eigenvalue weighted by Crippen LogP contribution is 2.10. The van der Waals surface area contributed by atoms with Gasteiger partial charge in [-0.1, -0.05) is 35.9 Å². The third-order valence-electron chi connectivity index (χ3n) is 1.96. The second-order valence-corrected chi connectivity index (χ2v) is 2.94. The van der Waals surface area contributed by atoms with Crippen molar-refractivity contribution in [3.8, 4) is 0 Å². The van der Waals surface area contributed by atoms with E-state index in [-0.39, 0.29) is 0 Å². The summed E-state index contributed by atoms with van der Waals surface area (Å²) in [5.74, 6) is 0. The normalized spacial score (nSPS) is 14.9. The van der Waals surface area contributed by atoms with Gasteiger partial charge in [-0.2, -0.15) is 0 Å². The molecule has 14 heavy (non-hydrogen) atoms. The summed E-state index contributed by atoms with van der Waals surface area (Å²) in [6.07, 6.45) is 2.14. The summed E-state index contributed by atoms with van der Waals surface area (Å²) in [6.45, 7) is 0.603. The molecule has 0 bridgehead atoms. The van der Waals surface area contributed by atoms with Crippen LogP contribution < -0.4 is 5.59 Å². The standard InChI is InChI=1S/C10H10N2O2/c13-7-10-8-14-11-12(10)6-9-4-2-1-3-5-9/h1-5,7-8,11H,6H2. The lowest BCUT2D eigenvalue weighted by molar-refractivity contribution is -0.106. The Kier molecular flexibility index (Phi) is 2.46. The molecule has 0 saturated heterocycles. The first-order chi connectivity index (χ1) is 6.90. The molecule has 4 nitrogen and oxygen atoms in total. The van der Waals surface area contributed by atoms with Crippen molar-refractivity contribution in [2.24, 2.45) is 0 Å². The number of rotatable bonds is 3. The third kappa shape index (κ3) is 1.75. The molecule has 0 fully saturated rings. The van der Waals surface area contributed by atoms with Gasteiger partial charge in [0.15, 0.2) is 6.29 Å². The van der Waals surface area contributed by atoms with Crippen LogP contribution in [0.4, 0.5) is 0 Å². The van der Waals surface area contributed by atoms with Crippen LogP contribution in [0.2, 0.25) is 0 Å². The molecule has 1 heterocycles. The maximum Gasteiger partial charge on any atom is 0.170 e. The van der Waals surface area contributed by atoms with Crippen LogP contribution in [-0.2, 0) is 16.2 Å². The van der Waals surface area contributed by atoms with Crippen LogP contribution in [0.3, 0.4) is 0 Å². The first kappa shape index (κ1) is 8.77. The van der Waals surface area contributed by atoms with E-state index in [9.17, 15) is 4.79 Å². The summed E-state index contributed by atoms with van der Waals surface area (Å²) in [4.78, 5) is 15.4. The van der Waals surface area contributed by atoms with Crippen molar-refractivity contribution in [1.82, 2.24) is 10.6 Å². The first-order valence-electron chi connectivity index (χ1n) is 4.28. The molecule has 1 aliphatic heterocycles. The van der Waals surface area contributed by atoms with Crippen molar-refractivity contribution in [1.29, 1.82) is 0 Å². The molecule has 1 aromatic carbocycles. The lowest BCUT2D eigenvalue weighted by Crippen LogP contribution is -2.30. The Labute approximate surface area is 81.7 Å². The second-order valence-electron chi connectivity index (χ2n) is 2.94. The fraction of sp³-hybridized carbons (Fsp3) is 0.100. The number of hydrogen-bond acceptors (Lipinski definition) is 4. The highest BCUT2D eigenvalue weighted by Gasteiger charge is 2.15. The predicted molar refractivity (Wildman–Crippen MR) is 50.4 cm³/mol. The first-order valence-corrected chi connectivity index (χ1v) is 4.28. The molecule has 4 heteroatoms. The largest absolute Gasteiger partial charge is 0.394 e. The molecule has 1 aromatic rings. The van der Waals surface area contributed by atoms with Crippen LogP contribution in [0.5, 0.6) is 0 Å². The zero-order valence-corrected chi connectivity index (χ0v) is 7.51. The van der Waals surface area contributed by atoms with Gasteiger partial charge >= 0.3 is 0 Å². The van der Waals surface area contributed by atoms with Crippen molar-refractivity contribution in [2.45, 2.75) is 6.54 Å². The molecule has 0 spiro atoms. The lowest BCUT2D eigenvalue weighted by Gasteiger charge is -2.16. The molecule has 0 atom stereocenters. The Hall–Kier alpha value is -1.81.